The lowest BCUT2D eigenvalue weighted by Crippen LogP contribution is -2.35. The van der Waals surface area contributed by atoms with Crippen molar-refractivity contribution in [1.82, 2.24) is 14.8 Å². The van der Waals surface area contributed by atoms with Crippen molar-refractivity contribution in [3.8, 4) is 0 Å². The molecule has 1 aromatic rings. The summed E-state index contributed by atoms with van der Waals surface area (Å²) in [7, 11) is 0. The van der Waals surface area contributed by atoms with Crippen LogP contribution >= 0.6 is 0 Å². The molecule has 2 rings (SSSR count). The fraction of sp³-hybridized carbons (Fsp3) is 0.857. The minimum Gasteiger partial charge on any atom is -0.327 e. The Morgan fingerprint density at radius 3 is 2.78 bits per heavy atom. The van der Waals surface area contributed by atoms with Gasteiger partial charge in [-0.1, -0.05) is 26.7 Å². The first-order chi connectivity index (χ1) is 8.70. The predicted molar refractivity (Wildman–Crippen MR) is 73.1 cm³/mol. The van der Waals surface area contributed by atoms with Gasteiger partial charge in [0.25, 0.3) is 0 Å². The lowest BCUT2D eigenvalue weighted by Gasteiger charge is -2.30. The maximum absolute atomic E-state index is 6.37. The van der Waals surface area contributed by atoms with Crippen LogP contribution in [0.15, 0.2) is 6.33 Å². The van der Waals surface area contributed by atoms with Gasteiger partial charge in [0.2, 0.25) is 0 Å². The van der Waals surface area contributed by atoms with Crippen molar-refractivity contribution in [1.29, 1.82) is 0 Å². The Morgan fingerprint density at radius 1 is 1.39 bits per heavy atom. The Bertz CT molecular complexity index is 352. The van der Waals surface area contributed by atoms with Gasteiger partial charge in [0.15, 0.2) is 0 Å². The molecule has 1 unspecified atom stereocenters. The van der Waals surface area contributed by atoms with E-state index in [1.165, 1.54) is 25.7 Å². The highest BCUT2D eigenvalue weighted by molar-refractivity contribution is 4.92. The van der Waals surface area contributed by atoms with Gasteiger partial charge in [-0.25, -0.2) is 4.98 Å². The summed E-state index contributed by atoms with van der Waals surface area (Å²) < 4.78 is 2.01. The number of rotatable bonds is 5. The van der Waals surface area contributed by atoms with Crippen LogP contribution in [-0.2, 0) is 13.0 Å². The summed E-state index contributed by atoms with van der Waals surface area (Å²) in [6.45, 7) is 5.46. The van der Waals surface area contributed by atoms with Crippen LogP contribution in [0.4, 0.5) is 0 Å². The molecule has 4 heteroatoms. The summed E-state index contributed by atoms with van der Waals surface area (Å²) in [4.78, 5) is 4.36. The second-order valence-corrected chi connectivity index (χ2v) is 5.79. The SMILES string of the molecule is CCCn1ncnc1CC(N)C1CCC(C)CC1. The fourth-order valence-electron chi connectivity index (χ4n) is 2.94. The van der Waals surface area contributed by atoms with Gasteiger partial charge in [-0.3, -0.25) is 4.68 Å². The summed E-state index contributed by atoms with van der Waals surface area (Å²) in [5.74, 6) is 2.62. The Kier molecular flexibility index (Phi) is 4.75. The van der Waals surface area contributed by atoms with Crippen LogP contribution in [0, 0.1) is 11.8 Å². The first-order valence-electron chi connectivity index (χ1n) is 7.33. The van der Waals surface area contributed by atoms with E-state index in [0.717, 1.165) is 31.1 Å². The number of nitrogens with two attached hydrogens (primary N) is 1. The second-order valence-electron chi connectivity index (χ2n) is 5.79. The molecule has 1 aliphatic rings. The lowest BCUT2D eigenvalue weighted by atomic mass is 9.78. The second kappa shape index (κ2) is 6.32. The van der Waals surface area contributed by atoms with Crippen LogP contribution in [0.1, 0.15) is 51.8 Å². The molecule has 4 nitrogen and oxygen atoms in total. The third kappa shape index (κ3) is 3.31. The van der Waals surface area contributed by atoms with E-state index in [1.807, 2.05) is 4.68 Å². The van der Waals surface area contributed by atoms with E-state index < -0.39 is 0 Å². The van der Waals surface area contributed by atoms with E-state index in [1.54, 1.807) is 6.33 Å². The average Bonchev–Trinajstić information content (AvgIpc) is 2.78. The van der Waals surface area contributed by atoms with Gasteiger partial charge in [0.05, 0.1) is 0 Å². The maximum atomic E-state index is 6.37. The zero-order valence-electron chi connectivity index (χ0n) is 11.7. The molecule has 2 N–H and O–H groups in total. The Balaban J connectivity index is 1.90. The smallest absolute Gasteiger partial charge is 0.138 e. The molecule has 102 valence electrons. The van der Waals surface area contributed by atoms with Crippen LogP contribution in [0.3, 0.4) is 0 Å². The Hall–Kier alpha value is -0.900. The fourth-order valence-corrected chi connectivity index (χ4v) is 2.94. The molecule has 1 aliphatic carbocycles. The quantitative estimate of drug-likeness (QED) is 0.873. The van der Waals surface area contributed by atoms with E-state index in [4.69, 9.17) is 5.73 Å². The summed E-state index contributed by atoms with van der Waals surface area (Å²) in [6.07, 6.45) is 8.85. The van der Waals surface area contributed by atoms with Crippen molar-refractivity contribution < 1.29 is 0 Å². The highest BCUT2D eigenvalue weighted by Crippen LogP contribution is 2.30. The van der Waals surface area contributed by atoms with Gasteiger partial charge in [-0.05, 0) is 31.1 Å². The van der Waals surface area contributed by atoms with Crippen molar-refractivity contribution >= 4 is 0 Å². The van der Waals surface area contributed by atoms with Gasteiger partial charge in [0.1, 0.15) is 12.2 Å². The number of aryl methyl sites for hydroxylation is 1. The zero-order chi connectivity index (χ0) is 13.0. The number of hydrogen-bond acceptors (Lipinski definition) is 3. The summed E-state index contributed by atoms with van der Waals surface area (Å²) in [6, 6.07) is 0.248. The highest BCUT2D eigenvalue weighted by Gasteiger charge is 2.24. The molecule has 0 aliphatic heterocycles. The third-order valence-corrected chi connectivity index (χ3v) is 4.22. The van der Waals surface area contributed by atoms with Gasteiger partial charge in [-0.2, -0.15) is 5.10 Å². The number of aromatic nitrogens is 3. The third-order valence-electron chi connectivity index (χ3n) is 4.22. The summed E-state index contributed by atoms with van der Waals surface area (Å²) >= 11 is 0. The largest absolute Gasteiger partial charge is 0.327 e. The van der Waals surface area contributed by atoms with Gasteiger partial charge in [-0.15, -0.1) is 0 Å². The molecule has 18 heavy (non-hydrogen) atoms. The summed E-state index contributed by atoms with van der Waals surface area (Å²) in [5, 5.41) is 4.27. The van der Waals surface area contributed by atoms with Crippen molar-refractivity contribution in [2.45, 2.75) is 65.0 Å². The lowest BCUT2D eigenvalue weighted by molar-refractivity contribution is 0.251. The molecule has 1 aromatic heterocycles. The first-order valence-corrected chi connectivity index (χ1v) is 7.33. The molecular weight excluding hydrogens is 224 g/mol. The van der Waals surface area contributed by atoms with E-state index in [2.05, 4.69) is 23.9 Å². The molecule has 1 heterocycles. The first kappa shape index (κ1) is 13.5. The maximum Gasteiger partial charge on any atom is 0.138 e. The van der Waals surface area contributed by atoms with Crippen LogP contribution in [0.25, 0.3) is 0 Å². The Morgan fingerprint density at radius 2 is 2.11 bits per heavy atom. The van der Waals surface area contributed by atoms with Crippen LogP contribution in [0.5, 0.6) is 0 Å². The van der Waals surface area contributed by atoms with Gasteiger partial charge >= 0.3 is 0 Å². The monoisotopic (exact) mass is 250 g/mol. The van der Waals surface area contributed by atoms with E-state index >= 15 is 0 Å². The van der Waals surface area contributed by atoms with Crippen molar-refractivity contribution in [2.24, 2.45) is 17.6 Å². The minimum absolute atomic E-state index is 0.248. The van der Waals surface area contributed by atoms with Gasteiger partial charge in [0, 0.05) is 19.0 Å². The number of hydrogen-bond donors (Lipinski definition) is 1. The van der Waals surface area contributed by atoms with Crippen LogP contribution in [0.2, 0.25) is 0 Å². The molecule has 1 saturated carbocycles. The average molecular weight is 250 g/mol. The summed E-state index contributed by atoms with van der Waals surface area (Å²) in [5.41, 5.74) is 6.37. The predicted octanol–water partition coefficient (Wildman–Crippen LogP) is 2.38. The molecule has 0 bridgehead atoms. The molecule has 1 fully saturated rings. The van der Waals surface area contributed by atoms with Crippen molar-refractivity contribution in [3.63, 3.8) is 0 Å². The zero-order valence-corrected chi connectivity index (χ0v) is 11.7. The van der Waals surface area contributed by atoms with E-state index in [-0.39, 0.29) is 6.04 Å². The molecule has 0 aromatic carbocycles. The minimum atomic E-state index is 0.248. The molecule has 0 amide bonds. The molecular formula is C14H26N4. The van der Waals surface area contributed by atoms with E-state index in [9.17, 15) is 0 Å². The number of nitrogens with zero attached hydrogens (tertiary/aromatic N) is 3. The van der Waals surface area contributed by atoms with Gasteiger partial charge < -0.3 is 5.73 Å². The molecule has 0 spiro atoms. The molecule has 0 radical (unpaired) electrons. The molecule has 0 saturated heterocycles. The normalized spacial score (nSPS) is 26.2. The van der Waals surface area contributed by atoms with Crippen molar-refractivity contribution in [2.75, 3.05) is 0 Å². The van der Waals surface area contributed by atoms with Crippen LogP contribution < -0.4 is 5.73 Å². The topological polar surface area (TPSA) is 56.7 Å². The van der Waals surface area contributed by atoms with Crippen LogP contribution in [-0.4, -0.2) is 20.8 Å². The standard InChI is InChI=1S/C14H26N4/c1-3-8-18-14(16-10-17-18)9-13(15)12-6-4-11(2)5-7-12/h10-13H,3-9,15H2,1-2H3. The highest BCUT2D eigenvalue weighted by atomic mass is 15.3. The van der Waals surface area contributed by atoms with E-state index in [0.29, 0.717) is 5.92 Å². The molecule has 1 atom stereocenters. The van der Waals surface area contributed by atoms with Crippen molar-refractivity contribution in [3.05, 3.63) is 12.2 Å². The Labute approximate surface area is 110 Å².